The molecule has 0 spiro atoms. The summed E-state index contributed by atoms with van der Waals surface area (Å²) in [4.78, 5) is 31.8. The number of benzene rings is 1. The monoisotopic (exact) mass is 430 g/mol. The van der Waals surface area contributed by atoms with E-state index in [1.807, 2.05) is 0 Å². The van der Waals surface area contributed by atoms with Crippen LogP contribution in [-0.4, -0.2) is 34.1 Å². The molecule has 8 nitrogen and oxygen atoms in total. The lowest BCUT2D eigenvalue weighted by Gasteiger charge is -2.09. The molecule has 3 rings (SSSR count). The molecule has 0 saturated heterocycles. The zero-order valence-electron chi connectivity index (χ0n) is 16.2. The van der Waals surface area contributed by atoms with Gasteiger partial charge in [0.05, 0.1) is 31.2 Å². The molecule has 1 aromatic carbocycles. The predicted octanol–water partition coefficient (Wildman–Crippen LogP) is 3.42. The molecule has 1 amide bonds. The second-order valence-electron chi connectivity index (χ2n) is 6.28. The molecule has 4 N–H and O–H groups in total. The maximum absolute atomic E-state index is 14.6. The van der Waals surface area contributed by atoms with Crippen LogP contribution in [0.3, 0.4) is 0 Å². The lowest BCUT2D eigenvalue weighted by Crippen LogP contribution is -2.12. The van der Waals surface area contributed by atoms with Gasteiger partial charge in [-0.2, -0.15) is 0 Å². The van der Waals surface area contributed by atoms with Gasteiger partial charge in [-0.1, -0.05) is 19.1 Å². The van der Waals surface area contributed by atoms with E-state index in [4.69, 9.17) is 5.73 Å². The molecule has 2 heterocycles. The number of aromatic nitrogens is 2. The van der Waals surface area contributed by atoms with Gasteiger partial charge >= 0.3 is 5.97 Å². The summed E-state index contributed by atoms with van der Waals surface area (Å²) >= 11 is 1.11. The first-order valence-corrected chi connectivity index (χ1v) is 9.74. The SMILES string of the molecule is CCC(O)c1ccc(-c2cc(C(N)=O)c(Nc3cnc(C(=O)OC)cn3)s2)c(F)c1. The number of nitrogens with one attached hydrogen (secondary N) is 1. The van der Waals surface area contributed by atoms with E-state index < -0.39 is 23.8 Å². The number of rotatable bonds is 7. The summed E-state index contributed by atoms with van der Waals surface area (Å²) in [6.07, 6.45) is 2.25. The number of hydrogen-bond donors (Lipinski definition) is 3. The summed E-state index contributed by atoms with van der Waals surface area (Å²) in [7, 11) is 1.23. The van der Waals surface area contributed by atoms with Crippen LogP contribution in [0.2, 0.25) is 0 Å². The Kier molecular flexibility index (Phi) is 6.38. The van der Waals surface area contributed by atoms with Crippen LogP contribution in [0.5, 0.6) is 0 Å². The topological polar surface area (TPSA) is 127 Å². The van der Waals surface area contributed by atoms with Gasteiger partial charge in [-0.15, -0.1) is 11.3 Å². The van der Waals surface area contributed by atoms with Gasteiger partial charge in [0, 0.05) is 10.4 Å². The summed E-state index contributed by atoms with van der Waals surface area (Å²) in [5.74, 6) is -1.58. The van der Waals surface area contributed by atoms with Crippen LogP contribution in [0.1, 0.15) is 45.9 Å². The van der Waals surface area contributed by atoms with E-state index in [1.165, 1.54) is 31.6 Å². The summed E-state index contributed by atoms with van der Waals surface area (Å²) in [5, 5.41) is 13.2. The number of amides is 1. The Balaban J connectivity index is 1.92. The van der Waals surface area contributed by atoms with Crippen LogP contribution in [0.4, 0.5) is 15.2 Å². The highest BCUT2D eigenvalue weighted by Crippen LogP contribution is 2.38. The molecule has 0 bridgehead atoms. The number of primary amides is 1. The van der Waals surface area contributed by atoms with Crippen molar-refractivity contribution in [3.05, 3.63) is 59.3 Å². The molecule has 3 aromatic rings. The molecule has 0 aliphatic heterocycles. The van der Waals surface area contributed by atoms with Gasteiger partial charge in [-0.3, -0.25) is 4.79 Å². The Morgan fingerprint density at radius 3 is 2.63 bits per heavy atom. The zero-order valence-corrected chi connectivity index (χ0v) is 17.0. The summed E-state index contributed by atoms with van der Waals surface area (Å²) in [6.45, 7) is 1.80. The third-order valence-electron chi connectivity index (χ3n) is 4.32. The molecule has 1 unspecified atom stereocenters. The lowest BCUT2D eigenvalue weighted by atomic mass is 10.0. The highest BCUT2D eigenvalue weighted by atomic mass is 32.1. The van der Waals surface area contributed by atoms with E-state index >= 15 is 0 Å². The molecule has 0 fully saturated rings. The van der Waals surface area contributed by atoms with E-state index in [9.17, 15) is 19.1 Å². The van der Waals surface area contributed by atoms with Gasteiger partial charge in [-0.25, -0.2) is 19.2 Å². The lowest BCUT2D eigenvalue weighted by molar-refractivity contribution is 0.0593. The molecule has 0 aliphatic carbocycles. The zero-order chi connectivity index (χ0) is 21.8. The molecule has 10 heteroatoms. The van der Waals surface area contributed by atoms with Crippen molar-refractivity contribution in [3.8, 4) is 10.4 Å². The number of methoxy groups -OCH3 is 1. The number of nitrogens with zero attached hydrogens (tertiary/aromatic N) is 2. The first kappa shape index (κ1) is 21.3. The highest BCUT2D eigenvalue weighted by Gasteiger charge is 2.19. The molecule has 1 atom stereocenters. The Morgan fingerprint density at radius 1 is 1.30 bits per heavy atom. The summed E-state index contributed by atoms with van der Waals surface area (Å²) < 4.78 is 19.2. The van der Waals surface area contributed by atoms with Crippen LogP contribution in [-0.2, 0) is 4.74 Å². The van der Waals surface area contributed by atoms with Crippen molar-refractivity contribution < 1.29 is 23.8 Å². The van der Waals surface area contributed by atoms with E-state index in [-0.39, 0.29) is 22.6 Å². The Morgan fingerprint density at radius 2 is 2.07 bits per heavy atom. The summed E-state index contributed by atoms with van der Waals surface area (Å²) in [5.41, 5.74) is 6.40. The summed E-state index contributed by atoms with van der Waals surface area (Å²) in [6, 6.07) is 5.95. The number of anilines is 2. The maximum Gasteiger partial charge on any atom is 0.358 e. The molecule has 0 aliphatic rings. The molecule has 0 radical (unpaired) electrons. The third-order valence-corrected chi connectivity index (χ3v) is 5.40. The van der Waals surface area contributed by atoms with Gasteiger partial charge in [-0.05, 0) is 24.1 Å². The second kappa shape index (κ2) is 8.97. The number of nitrogens with two attached hydrogens (primary N) is 1. The average Bonchev–Trinajstić information content (AvgIpc) is 3.16. The molecule has 2 aromatic heterocycles. The Bertz CT molecular complexity index is 1080. The fourth-order valence-electron chi connectivity index (χ4n) is 2.69. The first-order chi connectivity index (χ1) is 14.3. The number of aliphatic hydroxyl groups is 1. The predicted molar refractivity (Wildman–Crippen MR) is 110 cm³/mol. The van der Waals surface area contributed by atoms with Crippen LogP contribution >= 0.6 is 11.3 Å². The van der Waals surface area contributed by atoms with Crippen LogP contribution < -0.4 is 11.1 Å². The van der Waals surface area contributed by atoms with E-state index in [0.717, 1.165) is 11.3 Å². The van der Waals surface area contributed by atoms with Gasteiger partial charge in [0.15, 0.2) is 5.69 Å². The number of carbonyl (C=O) groups excluding carboxylic acids is 2. The van der Waals surface area contributed by atoms with E-state index in [2.05, 4.69) is 20.0 Å². The number of ether oxygens (including phenoxy) is 1. The molecular weight excluding hydrogens is 411 g/mol. The van der Waals surface area contributed by atoms with E-state index in [1.54, 1.807) is 19.1 Å². The Hall–Kier alpha value is -3.37. The third kappa shape index (κ3) is 4.44. The molecular formula is C20H19FN4O4S. The number of halogens is 1. The molecule has 30 heavy (non-hydrogen) atoms. The number of thiophene rings is 1. The average molecular weight is 430 g/mol. The van der Waals surface area contributed by atoms with Crippen molar-refractivity contribution in [2.75, 3.05) is 12.4 Å². The smallest absolute Gasteiger partial charge is 0.358 e. The van der Waals surface area contributed by atoms with Gasteiger partial charge in [0.25, 0.3) is 5.91 Å². The van der Waals surface area contributed by atoms with Crippen molar-refractivity contribution in [2.45, 2.75) is 19.4 Å². The maximum atomic E-state index is 14.6. The van der Waals surface area contributed by atoms with Crippen molar-refractivity contribution in [3.63, 3.8) is 0 Å². The fraction of sp³-hybridized carbons (Fsp3) is 0.200. The first-order valence-electron chi connectivity index (χ1n) is 8.93. The quantitative estimate of drug-likeness (QED) is 0.490. The number of carbonyl (C=O) groups is 2. The second-order valence-corrected chi connectivity index (χ2v) is 7.34. The van der Waals surface area contributed by atoms with Crippen molar-refractivity contribution in [1.82, 2.24) is 9.97 Å². The largest absolute Gasteiger partial charge is 0.464 e. The minimum Gasteiger partial charge on any atom is -0.464 e. The van der Waals surface area contributed by atoms with Crippen molar-refractivity contribution >= 4 is 34.0 Å². The number of hydrogen-bond acceptors (Lipinski definition) is 8. The molecule has 156 valence electrons. The van der Waals surface area contributed by atoms with Crippen LogP contribution in [0.15, 0.2) is 36.7 Å². The van der Waals surface area contributed by atoms with Gasteiger partial charge in [0.2, 0.25) is 0 Å². The number of aliphatic hydroxyl groups excluding tert-OH is 1. The van der Waals surface area contributed by atoms with Crippen molar-refractivity contribution in [2.24, 2.45) is 5.73 Å². The standard InChI is InChI=1S/C20H19FN4O4S/c1-3-15(26)10-4-5-11(13(21)6-10)16-7-12(18(22)27)19(30-16)25-17-9-23-14(8-24-17)20(28)29-2/h4-9,15,26H,3H2,1-2H3,(H2,22,27)(H,24,25). The van der Waals surface area contributed by atoms with Crippen LogP contribution in [0, 0.1) is 5.82 Å². The van der Waals surface area contributed by atoms with Gasteiger partial charge in [0.1, 0.15) is 16.6 Å². The van der Waals surface area contributed by atoms with Crippen molar-refractivity contribution in [1.29, 1.82) is 0 Å². The minimum absolute atomic E-state index is 0.0291. The van der Waals surface area contributed by atoms with Crippen LogP contribution in [0.25, 0.3) is 10.4 Å². The Labute approximate surface area is 175 Å². The molecule has 0 saturated carbocycles. The normalized spacial score (nSPS) is 11.7. The number of esters is 1. The van der Waals surface area contributed by atoms with Gasteiger partial charge < -0.3 is 20.9 Å². The fourth-order valence-corrected chi connectivity index (χ4v) is 3.79. The van der Waals surface area contributed by atoms with E-state index in [0.29, 0.717) is 21.9 Å². The minimum atomic E-state index is -0.748. The highest BCUT2D eigenvalue weighted by molar-refractivity contribution is 7.19.